The van der Waals surface area contributed by atoms with Crippen molar-refractivity contribution < 1.29 is 17.7 Å². The molecule has 0 aliphatic rings. The van der Waals surface area contributed by atoms with Crippen LogP contribution in [-0.4, -0.2) is 35.3 Å². The third-order valence-electron chi connectivity index (χ3n) is 1.74. The molecule has 4 nitrogen and oxygen atoms in total. The first kappa shape index (κ1) is 15.7. The summed E-state index contributed by atoms with van der Waals surface area (Å²) in [6.45, 7) is 3.05. The second-order valence-electron chi connectivity index (χ2n) is 2.83. The van der Waals surface area contributed by atoms with Crippen molar-refractivity contribution in [3.8, 4) is 0 Å². The van der Waals surface area contributed by atoms with Crippen LogP contribution in [0.3, 0.4) is 0 Å². The van der Waals surface area contributed by atoms with Crippen LogP contribution in [0.4, 0.5) is 0 Å². The smallest absolute Gasteiger partial charge is 0.272 e. The molecule has 0 rings (SSSR count). The van der Waals surface area contributed by atoms with Gasteiger partial charge in [0.05, 0.1) is 6.61 Å². The zero-order chi connectivity index (χ0) is 12.3. The van der Waals surface area contributed by atoms with Crippen LogP contribution in [0.25, 0.3) is 0 Å². The lowest BCUT2D eigenvalue weighted by molar-refractivity contribution is 0.163. The molecular weight excluding hydrogens is 286 g/mol. The van der Waals surface area contributed by atoms with Crippen LogP contribution in [0.2, 0.25) is 0 Å². The topological polar surface area (TPSA) is 63.6 Å². The molecule has 2 atom stereocenters. The highest BCUT2D eigenvalue weighted by Crippen LogP contribution is 2.35. The highest BCUT2D eigenvalue weighted by Gasteiger charge is 2.43. The van der Waals surface area contributed by atoms with Crippen LogP contribution in [0.15, 0.2) is 0 Å². The number of aliphatic hydroxyl groups excluding tert-OH is 1. The Morgan fingerprint density at radius 3 is 2.07 bits per heavy atom. The van der Waals surface area contributed by atoms with Gasteiger partial charge in [0.15, 0.2) is 0 Å². The highest BCUT2D eigenvalue weighted by atomic mass is 35.6. The summed E-state index contributed by atoms with van der Waals surface area (Å²) in [5.41, 5.74) is 0. The third-order valence-corrected chi connectivity index (χ3v) is 4.31. The number of halogens is 3. The summed E-state index contributed by atoms with van der Waals surface area (Å²) in [6.07, 6.45) is -1.53. The van der Waals surface area contributed by atoms with E-state index in [0.717, 1.165) is 0 Å². The summed E-state index contributed by atoms with van der Waals surface area (Å²) in [6, 6.07) is 0. The van der Waals surface area contributed by atoms with Gasteiger partial charge in [0.25, 0.3) is 10.1 Å². The van der Waals surface area contributed by atoms with E-state index in [-0.39, 0.29) is 13.0 Å². The van der Waals surface area contributed by atoms with Crippen LogP contribution in [0.5, 0.6) is 0 Å². The molecule has 0 saturated carbocycles. The van der Waals surface area contributed by atoms with Gasteiger partial charge in [-0.1, -0.05) is 41.7 Å². The van der Waals surface area contributed by atoms with Gasteiger partial charge in [0.2, 0.25) is 3.79 Å². The van der Waals surface area contributed by atoms with E-state index in [2.05, 4.69) is 4.18 Å². The van der Waals surface area contributed by atoms with Gasteiger partial charge in [-0.25, -0.2) is 0 Å². The largest absolute Gasteiger partial charge is 0.387 e. The second kappa shape index (κ2) is 5.89. The molecule has 0 aliphatic carbocycles. The maximum atomic E-state index is 11.5. The van der Waals surface area contributed by atoms with Crippen molar-refractivity contribution in [1.82, 2.24) is 0 Å². The van der Waals surface area contributed by atoms with Gasteiger partial charge in [-0.2, -0.15) is 8.42 Å². The zero-order valence-corrected chi connectivity index (χ0v) is 11.4. The average Bonchev–Trinajstić information content (AvgIpc) is 2.02. The lowest BCUT2D eigenvalue weighted by atomic mass is 10.2. The molecule has 8 heteroatoms. The van der Waals surface area contributed by atoms with Crippen molar-refractivity contribution in [2.24, 2.45) is 0 Å². The Morgan fingerprint density at radius 1 is 1.33 bits per heavy atom. The van der Waals surface area contributed by atoms with Crippen molar-refractivity contribution in [2.75, 3.05) is 6.61 Å². The fourth-order valence-corrected chi connectivity index (χ4v) is 3.16. The van der Waals surface area contributed by atoms with E-state index >= 15 is 0 Å². The number of alkyl halides is 3. The molecule has 1 N–H and O–H groups in total. The molecule has 15 heavy (non-hydrogen) atoms. The fourth-order valence-electron chi connectivity index (χ4n) is 1.05. The molecule has 0 spiro atoms. The third kappa shape index (κ3) is 4.63. The van der Waals surface area contributed by atoms with E-state index in [9.17, 15) is 13.5 Å². The quantitative estimate of drug-likeness (QED) is 0.622. The SMILES string of the molecule is CCOS(=O)(=O)[C@H](CC)[C@@H](O)C(Cl)(Cl)Cl. The lowest BCUT2D eigenvalue weighted by Crippen LogP contribution is -2.42. The van der Waals surface area contributed by atoms with Gasteiger partial charge in [-0.15, -0.1) is 0 Å². The van der Waals surface area contributed by atoms with Gasteiger partial charge in [0, 0.05) is 0 Å². The molecule has 0 fully saturated rings. The van der Waals surface area contributed by atoms with Gasteiger partial charge in [-0.05, 0) is 13.3 Å². The Labute approximate surface area is 105 Å². The molecule has 0 unspecified atom stereocenters. The predicted octanol–water partition coefficient (Wildman–Crippen LogP) is 1.86. The molecule has 0 aromatic rings. The fraction of sp³-hybridized carbons (Fsp3) is 1.00. The molecular formula is C7H13Cl3O4S. The molecule has 0 saturated heterocycles. The van der Waals surface area contributed by atoms with Crippen molar-refractivity contribution in [3.63, 3.8) is 0 Å². The van der Waals surface area contributed by atoms with Crippen LogP contribution >= 0.6 is 34.8 Å². The normalized spacial score (nSPS) is 17.5. The van der Waals surface area contributed by atoms with Crippen LogP contribution in [0.1, 0.15) is 20.3 Å². The summed E-state index contributed by atoms with van der Waals surface area (Å²) >= 11 is 16.3. The molecule has 92 valence electrons. The Balaban J connectivity index is 4.93. The number of hydrogen-bond donors (Lipinski definition) is 1. The standard InChI is InChI=1S/C7H13Cl3O4S/c1-3-5(6(11)7(8,9)10)15(12,13)14-4-2/h5-6,11H,3-4H2,1-2H3/t5-,6-/m1/s1. The van der Waals surface area contributed by atoms with E-state index in [1.165, 1.54) is 6.92 Å². The summed E-state index contributed by atoms with van der Waals surface area (Å²) in [5, 5.41) is 8.31. The monoisotopic (exact) mass is 298 g/mol. The minimum absolute atomic E-state index is 0.0224. The van der Waals surface area contributed by atoms with E-state index in [1.54, 1.807) is 6.92 Å². The van der Waals surface area contributed by atoms with Crippen LogP contribution < -0.4 is 0 Å². The molecule has 0 aromatic carbocycles. The number of rotatable bonds is 5. The zero-order valence-electron chi connectivity index (χ0n) is 8.28. The first-order valence-electron chi connectivity index (χ1n) is 4.29. The number of aliphatic hydroxyl groups is 1. The van der Waals surface area contributed by atoms with Gasteiger partial charge in [0.1, 0.15) is 11.4 Å². The number of hydrogen-bond acceptors (Lipinski definition) is 4. The molecule has 0 bridgehead atoms. The van der Waals surface area contributed by atoms with E-state index in [0.29, 0.717) is 0 Å². The average molecular weight is 300 g/mol. The highest BCUT2D eigenvalue weighted by molar-refractivity contribution is 7.87. The molecule has 0 amide bonds. The summed E-state index contributed by atoms with van der Waals surface area (Å²) in [4.78, 5) is 0. The van der Waals surface area contributed by atoms with Crippen LogP contribution in [-0.2, 0) is 14.3 Å². The van der Waals surface area contributed by atoms with Crippen molar-refractivity contribution in [2.45, 2.75) is 35.4 Å². The Bertz CT molecular complexity index is 285. The Hall–Kier alpha value is 0.740. The maximum Gasteiger partial charge on any atom is 0.272 e. The first-order valence-corrected chi connectivity index (χ1v) is 6.90. The summed E-state index contributed by atoms with van der Waals surface area (Å²) < 4.78 is 25.5. The van der Waals surface area contributed by atoms with Crippen molar-refractivity contribution >= 4 is 44.9 Å². The van der Waals surface area contributed by atoms with Crippen molar-refractivity contribution in [1.29, 1.82) is 0 Å². The predicted molar refractivity (Wildman–Crippen MR) is 60.9 cm³/mol. The van der Waals surface area contributed by atoms with E-state index in [4.69, 9.17) is 34.8 Å². The molecule has 0 aliphatic heterocycles. The van der Waals surface area contributed by atoms with Crippen molar-refractivity contribution in [3.05, 3.63) is 0 Å². The minimum Gasteiger partial charge on any atom is -0.387 e. The van der Waals surface area contributed by atoms with E-state index < -0.39 is 25.3 Å². The lowest BCUT2D eigenvalue weighted by Gasteiger charge is -2.26. The minimum atomic E-state index is -3.91. The van der Waals surface area contributed by atoms with Gasteiger partial charge >= 0.3 is 0 Å². The van der Waals surface area contributed by atoms with Gasteiger partial charge in [-0.3, -0.25) is 4.18 Å². The first-order chi connectivity index (χ1) is 6.66. The molecule has 0 heterocycles. The van der Waals surface area contributed by atoms with E-state index in [1.807, 2.05) is 0 Å². The summed E-state index contributed by atoms with van der Waals surface area (Å²) in [7, 11) is -3.91. The Kier molecular flexibility index (Phi) is 6.18. The summed E-state index contributed by atoms with van der Waals surface area (Å²) in [5.74, 6) is 0. The second-order valence-corrected chi connectivity index (χ2v) is 7.03. The molecule has 0 aromatic heterocycles. The van der Waals surface area contributed by atoms with Crippen LogP contribution in [0, 0.1) is 0 Å². The Morgan fingerprint density at radius 2 is 1.80 bits per heavy atom. The maximum absolute atomic E-state index is 11.5. The molecule has 0 radical (unpaired) electrons. The van der Waals surface area contributed by atoms with Gasteiger partial charge < -0.3 is 5.11 Å².